The van der Waals surface area contributed by atoms with Gasteiger partial charge in [0.2, 0.25) is 0 Å². The number of hydrogen-bond acceptors (Lipinski definition) is 3. The molecule has 94 valence electrons. The Bertz CT molecular complexity index is 364. The molecule has 0 bridgehead atoms. The van der Waals surface area contributed by atoms with Gasteiger partial charge in [-0.1, -0.05) is 6.07 Å². The van der Waals surface area contributed by atoms with Crippen LogP contribution >= 0.6 is 0 Å². The average Bonchev–Trinajstić information content (AvgIpc) is 2.31. The molecule has 1 N–H and O–H groups in total. The predicted octanol–water partition coefficient (Wildman–Crippen LogP) is 1.96. The van der Waals surface area contributed by atoms with E-state index in [-0.39, 0.29) is 0 Å². The van der Waals surface area contributed by atoms with E-state index in [0.717, 1.165) is 17.9 Å². The molecule has 0 aromatic carbocycles. The number of rotatable bonds is 3. The Balaban J connectivity index is 1.82. The van der Waals surface area contributed by atoms with Crippen LogP contribution in [0.25, 0.3) is 0 Å². The number of aromatic nitrogens is 1. The highest BCUT2D eigenvalue weighted by molar-refractivity contribution is 5.09. The second-order valence-electron chi connectivity index (χ2n) is 5.20. The van der Waals surface area contributed by atoms with Crippen molar-refractivity contribution in [3.63, 3.8) is 0 Å². The second-order valence-corrected chi connectivity index (χ2v) is 5.20. The molecule has 0 amide bonds. The molecular formula is C14H23N3. The van der Waals surface area contributed by atoms with Gasteiger partial charge in [-0.15, -0.1) is 0 Å². The van der Waals surface area contributed by atoms with E-state index in [1.165, 1.54) is 19.4 Å². The van der Waals surface area contributed by atoms with Crippen LogP contribution in [0, 0.1) is 6.92 Å². The topological polar surface area (TPSA) is 28.2 Å². The molecule has 1 aromatic heterocycles. The van der Waals surface area contributed by atoms with Crippen molar-refractivity contribution < 1.29 is 0 Å². The van der Waals surface area contributed by atoms with Gasteiger partial charge in [0.05, 0.1) is 5.69 Å². The van der Waals surface area contributed by atoms with Gasteiger partial charge in [-0.05, 0) is 52.4 Å². The Hall–Kier alpha value is -0.930. The fraction of sp³-hybridized carbons (Fsp3) is 0.643. The minimum Gasteiger partial charge on any atom is -0.308 e. The molecule has 3 nitrogen and oxygen atoms in total. The molecule has 2 heterocycles. The number of likely N-dealkylation sites (tertiary alicyclic amines) is 1. The zero-order valence-electron chi connectivity index (χ0n) is 11.1. The van der Waals surface area contributed by atoms with Crippen molar-refractivity contribution >= 4 is 0 Å². The molecule has 1 fully saturated rings. The van der Waals surface area contributed by atoms with Crippen LogP contribution < -0.4 is 5.32 Å². The largest absolute Gasteiger partial charge is 0.308 e. The normalized spacial score (nSPS) is 26.1. The third kappa shape index (κ3) is 3.51. The number of piperidine rings is 1. The summed E-state index contributed by atoms with van der Waals surface area (Å²) in [6.07, 6.45) is 2.48. The van der Waals surface area contributed by atoms with E-state index < -0.39 is 0 Å². The van der Waals surface area contributed by atoms with E-state index in [2.05, 4.69) is 41.3 Å². The summed E-state index contributed by atoms with van der Waals surface area (Å²) in [4.78, 5) is 6.95. The Morgan fingerprint density at radius 3 is 3.00 bits per heavy atom. The van der Waals surface area contributed by atoms with Crippen molar-refractivity contribution in [1.29, 1.82) is 0 Å². The van der Waals surface area contributed by atoms with Gasteiger partial charge in [-0.2, -0.15) is 0 Å². The van der Waals surface area contributed by atoms with Crippen LogP contribution in [0.3, 0.4) is 0 Å². The minimum atomic E-state index is 0.642. The first-order valence-electron chi connectivity index (χ1n) is 6.51. The van der Waals surface area contributed by atoms with Gasteiger partial charge in [0, 0.05) is 24.3 Å². The van der Waals surface area contributed by atoms with Gasteiger partial charge in [0.1, 0.15) is 0 Å². The Morgan fingerprint density at radius 2 is 2.29 bits per heavy atom. The van der Waals surface area contributed by atoms with Crippen molar-refractivity contribution in [3.8, 4) is 0 Å². The first kappa shape index (κ1) is 12.5. The summed E-state index contributed by atoms with van der Waals surface area (Å²) >= 11 is 0. The van der Waals surface area contributed by atoms with Gasteiger partial charge in [0.25, 0.3) is 0 Å². The lowest BCUT2D eigenvalue weighted by atomic mass is 9.99. The van der Waals surface area contributed by atoms with Crippen molar-refractivity contribution in [1.82, 2.24) is 15.2 Å². The molecule has 0 spiro atoms. The summed E-state index contributed by atoms with van der Waals surface area (Å²) in [5.74, 6) is 0. The van der Waals surface area contributed by atoms with Crippen molar-refractivity contribution in [2.24, 2.45) is 0 Å². The quantitative estimate of drug-likeness (QED) is 0.865. The van der Waals surface area contributed by atoms with Crippen LogP contribution in [0.15, 0.2) is 18.2 Å². The maximum absolute atomic E-state index is 4.52. The molecule has 1 aromatic rings. The highest BCUT2D eigenvalue weighted by Crippen LogP contribution is 2.15. The zero-order chi connectivity index (χ0) is 12.3. The SMILES string of the molecule is Cc1cccc(CNC2CCN(C)C(C)C2)n1. The molecule has 3 heteroatoms. The molecular weight excluding hydrogens is 210 g/mol. The predicted molar refractivity (Wildman–Crippen MR) is 70.9 cm³/mol. The molecule has 1 saturated heterocycles. The molecule has 1 aliphatic rings. The molecule has 17 heavy (non-hydrogen) atoms. The molecule has 0 saturated carbocycles. The third-order valence-corrected chi connectivity index (χ3v) is 3.73. The number of aryl methyl sites for hydroxylation is 1. The highest BCUT2D eigenvalue weighted by Gasteiger charge is 2.22. The Labute approximate surface area is 104 Å². The zero-order valence-corrected chi connectivity index (χ0v) is 11.1. The lowest BCUT2D eigenvalue weighted by molar-refractivity contribution is 0.168. The maximum atomic E-state index is 4.52. The van der Waals surface area contributed by atoms with Crippen molar-refractivity contribution in [2.75, 3.05) is 13.6 Å². The molecule has 2 unspecified atom stereocenters. The Morgan fingerprint density at radius 1 is 1.47 bits per heavy atom. The fourth-order valence-electron chi connectivity index (χ4n) is 2.42. The minimum absolute atomic E-state index is 0.642. The lowest BCUT2D eigenvalue weighted by Gasteiger charge is -2.35. The fourth-order valence-corrected chi connectivity index (χ4v) is 2.42. The molecule has 2 rings (SSSR count). The number of nitrogens with one attached hydrogen (secondary N) is 1. The van der Waals surface area contributed by atoms with E-state index in [1.807, 2.05) is 13.0 Å². The molecule has 0 radical (unpaired) electrons. The summed E-state index contributed by atoms with van der Waals surface area (Å²) in [6.45, 7) is 6.43. The highest BCUT2D eigenvalue weighted by atomic mass is 15.1. The van der Waals surface area contributed by atoms with E-state index in [4.69, 9.17) is 0 Å². The van der Waals surface area contributed by atoms with Crippen molar-refractivity contribution in [3.05, 3.63) is 29.6 Å². The van der Waals surface area contributed by atoms with Crippen LogP contribution in [-0.4, -0.2) is 35.6 Å². The number of nitrogens with zero attached hydrogens (tertiary/aromatic N) is 2. The summed E-state index contributed by atoms with van der Waals surface area (Å²) in [5.41, 5.74) is 2.25. The second kappa shape index (κ2) is 5.61. The van der Waals surface area contributed by atoms with E-state index >= 15 is 0 Å². The summed E-state index contributed by atoms with van der Waals surface area (Å²) in [5, 5.41) is 3.63. The van der Waals surface area contributed by atoms with Crippen LogP contribution in [-0.2, 0) is 6.54 Å². The summed E-state index contributed by atoms with van der Waals surface area (Å²) in [7, 11) is 2.21. The first-order chi connectivity index (χ1) is 8.15. The van der Waals surface area contributed by atoms with Crippen LogP contribution in [0.5, 0.6) is 0 Å². The molecule has 1 aliphatic heterocycles. The van der Waals surface area contributed by atoms with Gasteiger partial charge < -0.3 is 10.2 Å². The van der Waals surface area contributed by atoms with E-state index in [0.29, 0.717) is 12.1 Å². The monoisotopic (exact) mass is 233 g/mol. The number of pyridine rings is 1. The van der Waals surface area contributed by atoms with E-state index in [1.54, 1.807) is 0 Å². The lowest BCUT2D eigenvalue weighted by Crippen LogP contribution is -2.45. The molecule has 0 aliphatic carbocycles. The van der Waals surface area contributed by atoms with E-state index in [9.17, 15) is 0 Å². The summed E-state index contributed by atoms with van der Waals surface area (Å²) in [6, 6.07) is 7.55. The smallest absolute Gasteiger partial charge is 0.0544 e. The Kier molecular flexibility index (Phi) is 4.13. The maximum Gasteiger partial charge on any atom is 0.0544 e. The van der Waals surface area contributed by atoms with Gasteiger partial charge in [-0.25, -0.2) is 0 Å². The standard InChI is InChI=1S/C14H23N3/c1-11-5-4-6-14(16-11)10-15-13-7-8-17(3)12(2)9-13/h4-6,12-13,15H,7-10H2,1-3H3. The summed E-state index contributed by atoms with van der Waals surface area (Å²) < 4.78 is 0. The number of hydrogen-bond donors (Lipinski definition) is 1. The van der Waals surface area contributed by atoms with Crippen LogP contribution in [0.2, 0.25) is 0 Å². The van der Waals surface area contributed by atoms with Gasteiger partial charge in [-0.3, -0.25) is 4.98 Å². The van der Waals surface area contributed by atoms with Gasteiger partial charge in [0.15, 0.2) is 0 Å². The average molecular weight is 233 g/mol. The first-order valence-corrected chi connectivity index (χ1v) is 6.51. The van der Waals surface area contributed by atoms with Crippen LogP contribution in [0.4, 0.5) is 0 Å². The van der Waals surface area contributed by atoms with Crippen molar-refractivity contribution in [2.45, 2.75) is 45.3 Å². The van der Waals surface area contributed by atoms with Gasteiger partial charge >= 0.3 is 0 Å². The molecule has 2 atom stereocenters. The van der Waals surface area contributed by atoms with Crippen LogP contribution in [0.1, 0.15) is 31.2 Å². The third-order valence-electron chi connectivity index (χ3n) is 3.73.